The predicted molar refractivity (Wildman–Crippen MR) is 83.7 cm³/mol. The number of aromatic nitrogens is 6. The maximum absolute atomic E-state index is 6.01. The highest BCUT2D eigenvalue weighted by atomic mass is 15.5. The maximum atomic E-state index is 6.01. The van der Waals surface area contributed by atoms with Crippen molar-refractivity contribution in [3.8, 4) is 22.6 Å². The molecule has 0 aliphatic heterocycles. The SMILES string of the molecule is CC(C)(N)CCn1cnc(-c2ccc(-c3nn[nH]n3)cc2)c1. The molecular weight excluding hydrogens is 278 g/mol. The van der Waals surface area contributed by atoms with Crippen molar-refractivity contribution in [2.24, 2.45) is 5.73 Å². The summed E-state index contributed by atoms with van der Waals surface area (Å²) in [5.41, 5.74) is 8.75. The second-order valence-corrected chi connectivity index (χ2v) is 6.05. The van der Waals surface area contributed by atoms with Crippen LogP contribution in [0, 0.1) is 0 Å². The van der Waals surface area contributed by atoms with E-state index in [1.54, 1.807) is 0 Å². The Morgan fingerprint density at radius 1 is 1.18 bits per heavy atom. The Kier molecular flexibility index (Phi) is 3.72. The van der Waals surface area contributed by atoms with Gasteiger partial charge in [-0.2, -0.15) is 5.21 Å². The van der Waals surface area contributed by atoms with E-state index in [9.17, 15) is 0 Å². The number of imidazole rings is 1. The fourth-order valence-electron chi connectivity index (χ4n) is 2.12. The molecule has 3 aromatic rings. The topological polar surface area (TPSA) is 98.3 Å². The Morgan fingerprint density at radius 3 is 2.55 bits per heavy atom. The number of aryl methyl sites for hydroxylation is 1. The third-order valence-corrected chi connectivity index (χ3v) is 3.43. The summed E-state index contributed by atoms with van der Waals surface area (Å²) in [4.78, 5) is 4.45. The lowest BCUT2D eigenvalue weighted by molar-refractivity contribution is 0.436. The van der Waals surface area contributed by atoms with Crippen LogP contribution in [-0.4, -0.2) is 35.7 Å². The van der Waals surface area contributed by atoms with Crippen LogP contribution in [0.4, 0.5) is 0 Å². The molecule has 0 atom stereocenters. The molecule has 0 radical (unpaired) electrons. The van der Waals surface area contributed by atoms with Crippen molar-refractivity contribution in [1.29, 1.82) is 0 Å². The zero-order chi connectivity index (χ0) is 15.6. The molecule has 0 spiro atoms. The minimum Gasteiger partial charge on any atom is -0.337 e. The zero-order valence-corrected chi connectivity index (χ0v) is 12.7. The third kappa shape index (κ3) is 3.37. The van der Waals surface area contributed by atoms with Gasteiger partial charge in [-0.05, 0) is 25.5 Å². The molecule has 3 rings (SSSR count). The quantitative estimate of drug-likeness (QED) is 0.749. The van der Waals surface area contributed by atoms with Crippen LogP contribution in [0.15, 0.2) is 36.8 Å². The number of hydrogen-bond donors (Lipinski definition) is 2. The Balaban J connectivity index is 1.73. The highest BCUT2D eigenvalue weighted by Gasteiger charge is 2.11. The lowest BCUT2D eigenvalue weighted by Crippen LogP contribution is -2.32. The molecule has 7 heteroatoms. The maximum Gasteiger partial charge on any atom is 0.204 e. The number of tetrazole rings is 1. The largest absolute Gasteiger partial charge is 0.337 e. The van der Waals surface area contributed by atoms with E-state index < -0.39 is 0 Å². The number of aromatic amines is 1. The van der Waals surface area contributed by atoms with Crippen molar-refractivity contribution in [3.05, 3.63) is 36.8 Å². The highest BCUT2D eigenvalue weighted by Crippen LogP contribution is 2.21. The number of H-pyrrole nitrogens is 1. The van der Waals surface area contributed by atoms with Crippen LogP contribution in [0.25, 0.3) is 22.6 Å². The second kappa shape index (κ2) is 5.69. The Morgan fingerprint density at radius 2 is 1.91 bits per heavy atom. The second-order valence-electron chi connectivity index (χ2n) is 6.05. The molecule has 2 aromatic heterocycles. The predicted octanol–water partition coefficient (Wildman–Crippen LogP) is 1.86. The van der Waals surface area contributed by atoms with Gasteiger partial charge in [-0.3, -0.25) is 0 Å². The fourth-order valence-corrected chi connectivity index (χ4v) is 2.12. The van der Waals surface area contributed by atoms with Gasteiger partial charge in [-0.1, -0.05) is 24.3 Å². The number of nitrogens with zero attached hydrogens (tertiary/aromatic N) is 5. The first-order valence-corrected chi connectivity index (χ1v) is 7.16. The molecule has 3 N–H and O–H groups in total. The molecule has 0 aliphatic carbocycles. The number of nitrogens with one attached hydrogen (secondary N) is 1. The van der Waals surface area contributed by atoms with E-state index >= 15 is 0 Å². The van der Waals surface area contributed by atoms with Crippen LogP contribution in [-0.2, 0) is 6.54 Å². The molecule has 2 heterocycles. The van der Waals surface area contributed by atoms with Crippen molar-refractivity contribution in [2.45, 2.75) is 32.4 Å². The monoisotopic (exact) mass is 297 g/mol. The van der Waals surface area contributed by atoms with Crippen LogP contribution in [0.1, 0.15) is 20.3 Å². The van der Waals surface area contributed by atoms with Gasteiger partial charge < -0.3 is 10.3 Å². The summed E-state index contributed by atoms with van der Waals surface area (Å²) in [7, 11) is 0. The van der Waals surface area contributed by atoms with Gasteiger partial charge in [0.05, 0.1) is 12.0 Å². The molecule has 0 amide bonds. The molecule has 0 bridgehead atoms. The Hall–Kier alpha value is -2.54. The summed E-state index contributed by atoms with van der Waals surface area (Å²) in [6, 6.07) is 7.93. The van der Waals surface area contributed by atoms with Gasteiger partial charge in [-0.25, -0.2) is 4.98 Å². The van der Waals surface area contributed by atoms with Crippen molar-refractivity contribution in [3.63, 3.8) is 0 Å². The highest BCUT2D eigenvalue weighted by molar-refractivity contribution is 5.64. The first-order valence-electron chi connectivity index (χ1n) is 7.16. The first-order chi connectivity index (χ1) is 10.5. The minimum absolute atomic E-state index is 0.170. The number of benzene rings is 1. The van der Waals surface area contributed by atoms with E-state index in [0.717, 1.165) is 29.8 Å². The molecule has 0 fully saturated rings. The van der Waals surface area contributed by atoms with E-state index in [2.05, 4.69) is 30.2 Å². The molecule has 0 aliphatic rings. The zero-order valence-electron chi connectivity index (χ0n) is 12.7. The molecule has 0 saturated heterocycles. The molecule has 1 aromatic carbocycles. The average Bonchev–Trinajstić information content (AvgIpc) is 3.16. The average molecular weight is 297 g/mol. The smallest absolute Gasteiger partial charge is 0.204 e. The Labute approximate surface area is 128 Å². The summed E-state index contributed by atoms with van der Waals surface area (Å²) >= 11 is 0. The van der Waals surface area contributed by atoms with Crippen LogP contribution in [0.3, 0.4) is 0 Å². The van der Waals surface area contributed by atoms with Gasteiger partial charge in [0.1, 0.15) is 0 Å². The van der Waals surface area contributed by atoms with Crippen molar-refractivity contribution in [2.75, 3.05) is 0 Å². The van der Waals surface area contributed by atoms with E-state index in [-0.39, 0.29) is 5.54 Å². The van der Waals surface area contributed by atoms with Gasteiger partial charge >= 0.3 is 0 Å². The van der Waals surface area contributed by atoms with Crippen LogP contribution >= 0.6 is 0 Å². The standard InChI is InChI=1S/C15H19N7/c1-15(2,16)7-8-22-9-13(17-10-22)11-3-5-12(6-4-11)14-18-20-21-19-14/h3-6,9-10H,7-8,16H2,1-2H3,(H,18,19,20,21). The van der Waals surface area contributed by atoms with Gasteiger partial charge in [-0.15, -0.1) is 10.2 Å². The molecule has 0 saturated carbocycles. The van der Waals surface area contributed by atoms with Crippen LogP contribution in [0.5, 0.6) is 0 Å². The number of hydrogen-bond acceptors (Lipinski definition) is 5. The van der Waals surface area contributed by atoms with Crippen LogP contribution in [0.2, 0.25) is 0 Å². The lowest BCUT2D eigenvalue weighted by atomic mass is 10.0. The van der Waals surface area contributed by atoms with Crippen LogP contribution < -0.4 is 5.73 Å². The fraction of sp³-hybridized carbons (Fsp3) is 0.333. The Bertz CT molecular complexity index is 720. The minimum atomic E-state index is -0.170. The van der Waals surface area contributed by atoms with Crippen molar-refractivity contribution in [1.82, 2.24) is 30.2 Å². The normalized spacial score (nSPS) is 11.8. The summed E-state index contributed by atoms with van der Waals surface area (Å²) in [5, 5.41) is 13.9. The molecule has 7 nitrogen and oxygen atoms in total. The molecule has 22 heavy (non-hydrogen) atoms. The summed E-state index contributed by atoms with van der Waals surface area (Å²) < 4.78 is 2.07. The van der Waals surface area contributed by atoms with Gasteiger partial charge in [0.2, 0.25) is 5.82 Å². The summed E-state index contributed by atoms with van der Waals surface area (Å²) in [5.74, 6) is 0.585. The van der Waals surface area contributed by atoms with Gasteiger partial charge in [0, 0.05) is 29.4 Å². The van der Waals surface area contributed by atoms with E-state index in [1.165, 1.54) is 0 Å². The van der Waals surface area contributed by atoms with Crippen molar-refractivity contribution < 1.29 is 0 Å². The molecule has 114 valence electrons. The first kappa shape index (κ1) is 14.4. The lowest BCUT2D eigenvalue weighted by Gasteiger charge is -2.17. The molecular formula is C15H19N7. The van der Waals surface area contributed by atoms with E-state index in [1.807, 2.05) is 50.6 Å². The van der Waals surface area contributed by atoms with Crippen molar-refractivity contribution >= 4 is 0 Å². The van der Waals surface area contributed by atoms with Gasteiger partial charge in [0.25, 0.3) is 0 Å². The summed E-state index contributed by atoms with van der Waals surface area (Å²) in [6.07, 6.45) is 4.78. The molecule has 0 unspecified atom stereocenters. The number of nitrogens with two attached hydrogens (primary N) is 1. The number of rotatable bonds is 5. The van der Waals surface area contributed by atoms with E-state index in [0.29, 0.717) is 5.82 Å². The third-order valence-electron chi connectivity index (χ3n) is 3.43. The van der Waals surface area contributed by atoms with Gasteiger partial charge in [0.15, 0.2) is 0 Å². The summed E-state index contributed by atoms with van der Waals surface area (Å²) in [6.45, 7) is 4.92. The van der Waals surface area contributed by atoms with E-state index in [4.69, 9.17) is 5.73 Å².